The second-order valence-electron chi connectivity index (χ2n) is 7.57. The number of quaternary nitrogens is 1. The predicted molar refractivity (Wildman–Crippen MR) is 114 cm³/mol. The van der Waals surface area contributed by atoms with Crippen LogP contribution in [0.5, 0.6) is 17.2 Å². The van der Waals surface area contributed by atoms with E-state index >= 15 is 0 Å². The summed E-state index contributed by atoms with van der Waals surface area (Å²) in [5, 5.41) is 13.5. The molecule has 0 fully saturated rings. The van der Waals surface area contributed by atoms with Crippen molar-refractivity contribution in [3.05, 3.63) is 59.0 Å². The van der Waals surface area contributed by atoms with Crippen molar-refractivity contribution in [2.75, 3.05) is 20.2 Å². The number of methoxy groups -OCH3 is 1. The van der Waals surface area contributed by atoms with Crippen LogP contribution in [0.3, 0.4) is 0 Å². The Hall–Kier alpha value is -3.25. The van der Waals surface area contributed by atoms with E-state index in [1.54, 1.807) is 19.3 Å². The number of fused-ring (bicyclic) bond motifs is 2. The van der Waals surface area contributed by atoms with E-state index in [9.17, 15) is 9.90 Å². The summed E-state index contributed by atoms with van der Waals surface area (Å²) in [5.74, 6) is 1.12. The van der Waals surface area contributed by atoms with E-state index in [-0.39, 0.29) is 17.3 Å². The Morgan fingerprint density at radius 3 is 2.67 bits per heavy atom. The van der Waals surface area contributed by atoms with Gasteiger partial charge in [0.1, 0.15) is 18.0 Å². The monoisotopic (exact) mass is 406 g/mol. The van der Waals surface area contributed by atoms with Gasteiger partial charge in [0.15, 0.2) is 5.76 Å². The van der Waals surface area contributed by atoms with E-state index in [1.165, 1.54) is 11.0 Å². The van der Waals surface area contributed by atoms with Crippen molar-refractivity contribution < 1.29 is 24.3 Å². The Balaban J connectivity index is 1.76. The molecule has 2 heterocycles. The molecule has 1 aliphatic rings. The van der Waals surface area contributed by atoms with Gasteiger partial charge in [-0.2, -0.15) is 0 Å². The van der Waals surface area contributed by atoms with Crippen LogP contribution in [-0.2, 0) is 13.6 Å². The van der Waals surface area contributed by atoms with Crippen molar-refractivity contribution in [3.8, 4) is 17.2 Å². The molecule has 6 heteroatoms. The molecule has 6 nitrogen and oxygen atoms in total. The zero-order valence-electron chi connectivity index (χ0n) is 17.7. The normalized spacial score (nSPS) is 14.6. The molecule has 1 aliphatic heterocycles. The molecule has 0 saturated heterocycles. The van der Waals surface area contributed by atoms with Crippen LogP contribution in [0.25, 0.3) is 17.0 Å². The zero-order chi connectivity index (χ0) is 21.4. The van der Waals surface area contributed by atoms with Crippen LogP contribution in [0.2, 0.25) is 0 Å². The fourth-order valence-electron chi connectivity index (χ4n) is 3.99. The molecule has 0 atom stereocenters. The maximum absolute atomic E-state index is 13.0. The summed E-state index contributed by atoms with van der Waals surface area (Å²) in [7, 11) is 3.58. The molecule has 1 aromatic heterocycles. The summed E-state index contributed by atoms with van der Waals surface area (Å²) in [6.45, 7) is 6.50. The second kappa shape index (κ2) is 7.88. The highest BCUT2D eigenvalue weighted by molar-refractivity contribution is 6.15. The maximum Gasteiger partial charge on any atom is 0.231 e. The van der Waals surface area contributed by atoms with Gasteiger partial charge in [-0.05, 0) is 44.2 Å². The number of nitrogens with one attached hydrogen (secondary N) is 1. The quantitative estimate of drug-likeness (QED) is 0.638. The third-order valence-corrected chi connectivity index (χ3v) is 5.84. The molecule has 0 bridgehead atoms. The van der Waals surface area contributed by atoms with E-state index in [2.05, 4.69) is 13.8 Å². The first-order valence-corrected chi connectivity index (χ1v) is 10.2. The van der Waals surface area contributed by atoms with E-state index < -0.39 is 0 Å². The van der Waals surface area contributed by atoms with Crippen LogP contribution in [0.1, 0.15) is 35.3 Å². The van der Waals surface area contributed by atoms with Gasteiger partial charge in [-0.15, -0.1) is 0 Å². The average molecular weight is 406 g/mol. The first-order valence-electron chi connectivity index (χ1n) is 10.2. The molecule has 4 rings (SSSR count). The molecule has 2 aromatic carbocycles. The largest absolute Gasteiger partial charge is 0.872 e. The molecule has 3 aromatic rings. The SMILES string of the molecule is CC[NH+](CC)Cc1c([O-])ccc2c1OC(=Cc1cn(C)c3ccc(OC)cc13)C2=O. The van der Waals surface area contributed by atoms with Crippen LogP contribution in [-0.4, -0.2) is 30.5 Å². The third-order valence-electron chi connectivity index (χ3n) is 5.84. The molecule has 1 N–H and O–H groups in total. The number of aromatic nitrogens is 1. The van der Waals surface area contributed by atoms with Gasteiger partial charge in [0.2, 0.25) is 5.78 Å². The summed E-state index contributed by atoms with van der Waals surface area (Å²) < 4.78 is 13.3. The molecule has 156 valence electrons. The Bertz CT molecular complexity index is 1160. The zero-order valence-corrected chi connectivity index (χ0v) is 17.7. The molecule has 0 aliphatic carbocycles. The van der Waals surface area contributed by atoms with Crippen molar-refractivity contribution in [1.29, 1.82) is 0 Å². The first-order chi connectivity index (χ1) is 14.5. The van der Waals surface area contributed by atoms with Gasteiger partial charge in [0.25, 0.3) is 0 Å². The van der Waals surface area contributed by atoms with Crippen LogP contribution in [0.15, 0.2) is 42.3 Å². The number of carbonyl (C=O) groups is 1. The lowest BCUT2D eigenvalue weighted by Crippen LogP contribution is -3.10. The molecule has 0 radical (unpaired) electrons. The van der Waals surface area contributed by atoms with Crippen molar-refractivity contribution >= 4 is 22.8 Å². The number of allylic oxidation sites excluding steroid dienone is 1. The summed E-state index contributed by atoms with van der Waals surface area (Å²) >= 11 is 0. The highest BCUT2D eigenvalue weighted by atomic mass is 16.5. The van der Waals surface area contributed by atoms with Gasteiger partial charge in [-0.1, -0.05) is 11.8 Å². The number of ketones is 1. The van der Waals surface area contributed by atoms with Gasteiger partial charge >= 0.3 is 0 Å². The number of aryl methyl sites for hydroxylation is 1. The number of Topliss-reactive ketones (excluding diaryl/α,β-unsaturated/α-hetero) is 1. The molecule has 0 saturated carbocycles. The fraction of sp³-hybridized carbons (Fsp3) is 0.292. The highest BCUT2D eigenvalue weighted by Crippen LogP contribution is 2.39. The average Bonchev–Trinajstić information content (AvgIpc) is 3.24. The predicted octanol–water partition coefficient (Wildman–Crippen LogP) is 2.30. The lowest BCUT2D eigenvalue weighted by Gasteiger charge is -2.21. The molecule has 0 amide bonds. The molecular weight excluding hydrogens is 380 g/mol. The topological polar surface area (TPSA) is 68.0 Å². The van der Waals surface area contributed by atoms with E-state index in [0.717, 1.165) is 35.3 Å². The van der Waals surface area contributed by atoms with Gasteiger partial charge in [-0.25, -0.2) is 0 Å². The minimum Gasteiger partial charge on any atom is -0.872 e. The summed E-state index contributed by atoms with van der Waals surface area (Å²) in [5.41, 5.74) is 2.92. The highest BCUT2D eigenvalue weighted by Gasteiger charge is 2.31. The van der Waals surface area contributed by atoms with Crippen LogP contribution in [0, 0.1) is 0 Å². The first kappa shape index (κ1) is 20.0. The summed E-state index contributed by atoms with van der Waals surface area (Å²) in [6, 6.07) is 8.89. The summed E-state index contributed by atoms with van der Waals surface area (Å²) in [6.07, 6.45) is 3.71. The second-order valence-corrected chi connectivity index (χ2v) is 7.57. The van der Waals surface area contributed by atoms with E-state index in [4.69, 9.17) is 9.47 Å². The number of ether oxygens (including phenoxy) is 2. The number of hydrogen-bond acceptors (Lipinski definition) is 4. The van der Waals surface area contributed by atoms with Crippen molar-refractivity contribution in [2.24, 2.45) is 7.05 Å². The standard InChI is InChI=1S/C24H26N2O4/c1-5-26(6-2)14-19-21(27)10-8-17-23(28)22(30-24(17)19)11-15-13-25(3)20-9-7-16(29-4)12-18(15)20/h7-13,27H,5-6,14H2,1-4H3. The Morgan fingerprint density at radius 2 is 1.97 bits per heavy atom. The Morgan fingerprint density at radius 1 is 1.20 bits per heavy atom. The number of nitrogens with zero attached hydrogens (tertiary/aromatic N) is 1. The Kier molecular flexibility index (Phi) is 5.26. The molecule has 30 heavy (non-hydrogen) atoms. The molecule has 0 unspecified atom stereocenters. The number of rotatable bonds is 6. The van der Waals surface area contributed by atoms with Crippen LogP contribution >= 0.6 is 0 Å². The fourth-order valence-corrected chi connectivity index (χ4v) is 3.99. The minimum absolute atomic E-state index is 0.0860. The smallest absolute Gasteiger partial charge is 0.231 e. The van der Waals surface area contributed by atoms with Crippen molar-refractivity contribution in [2.45, 2.75) is 20.4 Å². The minimum atomic E-state index is -0.194. The van der Waals surface area contributed by atoms with E-state index in [1.807, 2.05) is 36.0 Å². The van der Waals surface area contributed by atoms with Gasteiger partial charge in [-0.3, -0.25) is 4.79 Å². The third kappa shape index (κ3) is 3.33. The van der Waals surface area contributed by atoms with Gasteiger partial charge in [0.05, 0.1) is 25.8 Å². The lowest BCUT2D eigenvalue weighted by molar-refractivity contribution is -0.910. The maximum atomic E-state index is 13.0. The lowest BCUT2D eigenvalue weighted by atomic mass is 10.0. The summed E-state index contributed by atoms with van der Waals surface area (Å²) in [4.78, 5) is 14.3. The van der Waals surface area contributed by atoms with Crippen LogP contribution in [0.4, 0.5) is 0 Å². The van der Waals surface area contributed by atoms with Crippen molar-refractivity contribution in [1.82, 2.24) is 4.57 Å². The number of benzene rings is 2. The van der Waals surface area contributed by atoms with Crippen LogP contribution < -0.4 is 19.5 Å². The number of hydrogen-bond donors (Lipinski definition) is 1. The number of carbonyl (C=O) groups excluding carboxylic acids is 1. The van der Waals surface area contributed by atoms with Gasteiger partial charge < -0.3 is 24.0 Å². The van der Waals surface area contributed by atoms with E-state index in [0.29, 0.717) is 23.4 Å². The van der Waals surface area contributed by atoms with Gasteiger partial charge in [0, 0.05) is 35.3 Å². The molecular formula is C24H26N2O4. The van der Waals surface area contributed by atoms with Crippen molar-refractivity contribution in [3.63, 3.8) is 0 Å². The molecule has 0 spiro atoms. The Labute approximate surface area is 175 Å².